The summed E-state index contributed by atoms with van der Waals surface area (Å²) in [7, 11) is 0. The van der Waals surface area contributed by atoms with Crippen molar-refractivity contribution in [3.8, 4) is 5.75 Å². The molecule has 106 valence electrons. The van der Waals surface area contributed by atoms with Crippen molar-refractivity contribution in [3.63, 3.8) is 0 Å². The average molecular weight is 273 g/mol. The van der Waals surface area contributed by atoms with Gasteiger partial charge < -0.3 is 10.1 Å². The normalized spacial score (nSPS) is 21.4. The van der Waals surface area contributed by atoms with Crippen molar-refractivity contribution in [3.05, 3.63) is 29.8 Å². The molecule has 20 heavy (non-hydrogen) atoms. The molecule has 1 aliphatic carbocycles. The van der Waals surface area contributed by atoms with E-state index in [2.05, 4.69) is 22.5 Å². The number of hydrogen-bond donors (Lipinski definition) is 2. The van der Waals surface area contributed by atoms with Gasteiger partial charge in [-0.2, -0.15) is 0 Å². The largest absolute Gasteiger partial charge is 0.494 e. The van der Waals surface area contributed by atoms with Gasteiger partial charge in [-0.15, -0.1) is 0 Å². The first kappa shape index (κ1) is 13.0. The fourth-order valence-electron chi connectivity index (χ4n) is 2.12. The molecule has 5 nitrogen and oxygen atoms in total. The Morgan fingerprint density at radius 1 is 1.45 bits per heavy atom. The molecule has 1 aliphatic heterocycles. The van der Waals surface area contributed by atoms with Crippen LogP contribution in [-0.4, -0.2) is 24.5 Å². The molecule has 2 aliphatic rings. The summed E-state index contributed by atoms with van der Waals surface area (Å²) >= 11 is 0. The van der Waals surface area contributed by atoms with Gasteiger partial charge in [-0.05, 0) is 37.0 Å². The minimum atomic E-state index is -0.471. The standard InChI is InChI=1S/C15H19N3O2/c1-2-8-20-12-5-3-4-10(9-12)13-14(19)18-15(17-13)16-11-6-7-11/h3-5,9,11,13H,2,6-8H2,1H3,(H2,16,17,18,19). The molecule has 1 saturated carbocycles. The van der Waals surface area contributed by atoms with Gasteiger partial charge >= 0.3 is 0 Å². The van der Waals surface area contributed by atoms with Gasteiger partial charge in [0.15, 0.2) is 12.0 Å². The Morgan fingerprint density at radius 3 is 3.05 bits per heavy atom. The predicted molar refractivity (Wildman–Crippen MR) is 76.7 cm³/mol. The summed E-state index contributed by atoms with van der Waals surface area (Å²) in [5, 5.41) is 6.01. The minimum absolute atomic E-state index is 0.0826. The Kier molecular flexibility index (Phi) is 3.58. The molecule has 1 amide bonds. The molecule has 3 rings (SSSR count). The van der Waals surface area contributed by atoms with Crippen molar-refractivity contribution >= 4 is 11.9 Å². The molecule has 1 aromatic carbocycles. The van der Waals surface area contributed by atoms with Crippen LogP contribution in [0.15, 0.2) is 29.3 Å². The summed E-state index contributed by atoms with van der Waals surface area (Å²) < 4.78 is 5.60. The van der Waals surface area contributed by atoms with E-state index in [0.29, 0.717) is 18.6 Å². The quantitative estimate of drug-likeness (QED) is 0.859. The molecule has 0 spiro atoms. The monoisotopic (exact) mass is 273 g/mol. The van der Waals surface area contributed by atoms with Gasteiger partial charge in [0.25, 0.3) is 5.91 Å². The number of carbonyl (C=O) groups excluding carboxylic acids is 1. The van der Waals surface area contributed by atoms with Crippen LogP contribution in [-0.2, 0) is 4.79 Å². The number of rotatable bonds is 5. The fraction of sp³-hybridized carbons (Fsp3) is 0.467. The van der Waals surface area contributed by atoms with E-state index in [4.69, 9.17) is 4.74 Å². The van der Waals surface area contributed by atoms with Crippen molar-refractivity contribution in [1.29, 1.82) is 0 Å². The third-order valence-electron chi connectivity index (χ3n) is 3.31. The Morgan fingerprint density at radius 2 is 2.30 bits per heavy atom. The summed E-state index contributed by atoms with van der Waals surface area (Å²) in [5.41, 5.74) is 0.865. The third-order valence-corrected chi connectivity index (χ3v) is 3.31. The summed E-state index contributed by atoms with van der Waals surface area (Å²) in [6.45, 7) is 2.74. The van der Waals surface area contributed by atoms with Gasteiger partial charge in [-0.1, -0.05) is 19.1 Å². The third kappa shape index (κ3) is 2.92. The highest BCUT2D eigenvalue weighted by Gasteiger charge is 2.31. The van der Waals surface area contributed by atoms with E-state index < -0.39 is 6.04 Å². The molecule has 2 N–H and O–H groups in total. The molecule has 0 radical (unpaired) electrons. The fourth-order valence-corrected chi connectivity index (χ4v) is 2.12. The van der Waals surface area contributed by atoms with Crippen LogP contribution in [0.5, 0.6) is 5.75 Å². The zero-order valence-corrected chi connectivity index (χ0v) is 11.6. The van der Waals surface area contributed by atoms with E-state index in [-0.39, 0.29) is 5.91 Å². The van der Waals surface area contributed by atoms with Gasteiger partial charge in [0, 0.05) is 6.04 Å². The maximum atomic E-state index is 12.0. The van der Waals surface area contributed by atoms with Crippen molar-refractivity contribution < 1.29 is 9.53 Å². The van der Waals surface area contributed by atoms with Crippen LogP contribution in [0.3, 0.4) is 0 Å². The maximum Gasteiger partial charge on any atom is 0.256 e. The Hall–Kier alpha value is -2.04. The lowest BCUT2D eigenvalue weighted by Crippen LogP contribution is -2.37. The van der Waals surface area contributed by atoms with Crippen LogP contribution < -0.4 is 15.4 Å². The summed E-state index contributed by atoms with van der Waals surface area (Å²) in [6.07, 6.45) is 3.27. The van der Waals surface area contributed by atoms with Crippen LogP contribution in [0.2, 0.25) is 0 Å². The molecule has 1 heterocycles. The molecule has 1 unspecified atom stereocenters. The van der Waals surface area contributed by atoms with E-state index in [0.717, 1.165) is 30.6 Å². The number of nitrogens with zero attached hydrogens (tertiary/aromatic N) is 1. The molecular weight excluding hydrogens is 254 g/mol. The van der Waals surface area contributed by atoms with Gasteiger partial charge in [0.1, 0.15) is 5.75 Å². The first-order valence-electron chi connectivity index (χ1n) is 7.14. The number of guanidine groups is 1. The lowest BCUT2D eigenvalue weighted by molar-refractivity contribution is -0.120. The van der Waals surface area contributed by atoms with Gasteiger partial charge in [0.05, 0.1) is 6.61 Å². The van der Waals surface area contributed by atoms with E-state index in [1.807, 2.05) is 24.3 Å². The van der Waals surface area contributed by atoms with Gasteiger partial charge in [-0.3, -0.25) is 10.1 Å². The highest BCUT2D eigenvalue weighted by molar-refractivity contribution is 6.05. The molecule has 0 bridgehead atoms. The topological polar surface area (TPSA) is 62.7 Å². The molecular formula is C15H19N3O2. The molecule has 0 saturated heterocycles. The van der Waals surface area contributed by atoms with Gasteiger partial charge in [-0.25, -0.2) is 4.99 Å². The average Bonchev–Trinajstić information content (AvgIpc) is 3.19. The highest BCUT2D eigenvalue weighted by atomic mass is 16.5. The van der Waals surface area contributed by atoms with E-state index in [1.165, 1.54) is 0 Å². The van der Waals surface area contributed by atoms with Crippen molar-refractivity contribution in [2.45, 2.75) is 38.3 Å². The number of benzene rings is 1. The van der Waals surface area contributed by atoms with E-state index in [1.54, 1.807) is 0 Å². The molecule has 1 atom stereocenters. The van der Waals surface area contributed by atoms with Crippen LogP contribution in [0.1, 0.15) is 37.8 Å². The second-order valence-corrected chi connectivity index (χ2v) is 5.21. The first-order chi connectivity index (χ1) is 9.76. The first-order valence-corrected chi connectivity index (χ1v) is 7.14. The second-order valence-electron chi connectivity index (χ2n) is 5.21. The predicted octanol–water partition coefficient (Wildman–Crippen LogP) is 1.75. The number of nitrogens with one attached hydrogen (secondary N) is 2. The smallest absolute Gasteiger partial charge is 0.256 e. The Bertz CT molecular complexity index is 538. The zero-order chi connectivity index (χ0) is 13.9. The second kappa shape index (κ2) is 5.53. The number of hydrogen-bond acceptors (Lipinski definition) is 4. The van der Waals surface area contributed by atoms with Crippen LogP contribution in [0, 0.1) is 0 Å². The maximum absolute atomic E-state index is 12.0. The van der Waals surface area contributed by atoms with E-state index >= 15 is 0 Å². The summed E-state index contributed by atoms with van der Waals surface area (Å²) in [6, 6.07) is 7.61. The zero-order valence-electron chi connectivity index (χ0n) is 11.6. The highest BCUT2D eigenvalue weighted by Crippen LogP contribution is 2.26. The number of amides is 1. The van der Waals surface area contributed by atoms with Crippen molar-refractivity contribution in [1.82, 2.24) is 10.6 Å². The van der Waals surface area contributed by atoms with Crippen molar-refractivity contribution in [2.24, 2.45) is 4.99 Å². The van der Waals surface area contributed by atoms with Crippen molar-refractivity contribution in [2.75, 3.05) is 6.61 Å². The van der Waals surface area contributed by atoms with Crippen LogP contribution in [0.25, 0.3) is 0 Å². The minimum Gasteiger partial charge on any atom is -0.494 e. The number of carbonyl (C=O) groups is 1. The lowest BCUT2D eigenvalue weighted by atomic mass is 10.1. The molecule has 5 heteroatoms. The summed E-state index contributed by atoms with van der Waals surface area (Å²) in [4.78, 5) is 16.4. The Balaban J connectivity index is 1.73. The van der Waals surface area contributed by atoms with Gasteiger partial charge in [0.2, 0.25) is 0 Å². The summed E-state index contributed by atoms with van der Waals surface area (Å²) in [5.74, 6) is 1.30. The molecule has 1 aromatic rings. The van der Waals surface area contributed by atoms with E-state index in [9.17, 15) is 4.79 Å². The SMILES string of the molecule is CCCOc1cccc(C2N=C(NC3CC3)NC2=O)c1. The van der Waals surface area contributed by atoms with Crippen LogP contribution in [0.4, 0.5) is 0 Å². The number of aliphatic imine (C=N–C) groups is 1. The van der Waals surface area contributed by atoms with Crippen LogP contribution >= 0.6 is 0 Å². The molecule has 1 fully saturated rings. The Labute approximate surface area is 118 Å². The number of ether oxygens (including phenoxy) is 1. The lowest BCUT2D eigenvalue weighted by Gasteiger charge is -2.08. The molecule has 0 aromatic heterocycles.